The topological polar surface area (TPSA) is 104 Å². The van der Waals surface area contributed by atoms with Gasteiger partial charge in [0.1, 0.15) is 12.1 Å². The molecule has 5 atom stereocenters. The minimum absolute atomic E-state index is 0.150. The van der Waals surface area contributed by atoms with Crippen molar-refractivity contribution in [3.05, 3.63) is 34.3 Å². The van der Waals surface area contributed by atoms with Crippen molar-refractivity contribution in [1.82, 2.24) is 30.1 Å². The standard InChI is InChI=1S/C27H40N6O3S/c1-27(2,3)24(33-16-20(29-30-33)17-9-10-17)26(36)32-15-19(34)13-21(32)25(35)28-14-18-7-5-11-31(4)23(18)22-8-6-12-37-22/h6,8,12,16-19,21,23-24,34H,5,7,9-11,13-15H2,1-4H3,(H,28,35)/t18?,19?,21?,23?,24-/m1/s1. The summed E-state index contributed by atoms with van der Waals surface area (Å²) < 4.78 is 1.67. The van der Waals surface area contributed by atoms with Crippen molar-refractivity contribution in [1.29, 1.82) is 0 Å². The van der Waals surface area contributed by atoms with Gasteiger partial charge in [0, 0.05) is 42.5 Å². The van der Waals surface area contributed by atoms with Crippen LogP contribution in [0.25, 0.3) is 0 Å². The Bertz CT molecular complexity index is 1090. The Hall–Kier alpha value is -2.30. The van der Waals surface area contributed by atoms with Crippen molar-refractivity contribution < 1.29 is 14.7 Å². The number of amides is 2. The first-order chi connectivity index (χ1) is 17.6. The van der Waals surface area contributed by atoms with Gasteiger partial charge in [0.25, 0.3) is 0 Å². The molecule has 9 nitrogen and oxygen atoms in total. The summed E-state index contributed by atoms with van der Waals surface area (Å²) in [7, 11) is 2.15. The van der Waals surface area contributed by atoms with E-state index >= 15 is 0 Å². The van der Waals surface area contributed by atoms with Gasteiger partial charge in [-0.2, -0.15) is 0 Å². The summed E-state index contributed by atoms with van der Waals surface area (Å²) in [6.07, 6.45) is 5.77. The highest BCUT2D eigenvalue weighted by molar-refractivity contribution is 7.10. The molecular weight excluding hydrogens is 488 g/mol. The molecule has 2 aliphatic heterocycles. The summed E-state index contributed by atoms with van der Waals surface area (Å²) >= 11 is 1.76. The second-order valence-corrected chi connectivity index (χ2v) is 13.1. The molecule has 10 heteroatoms. The third-order valence-electron chi connectivity index (χ3n) is 8.09. The molecule has 0 spiro atoms. The lowest BCUT2D eigenvalue weighted by Crippen LogP contribution is -2.51. The molecule has 0 radical (unpaired) electrons. The van der Waals surface area contributed by atoms with Gasteiger partial charge in [0.15, 0.2) is 0 Å². The van der Waals surface area contributed by atoms with Crippen LogP contribution in [0.15, 0.2) is 23.7 Å². The van der Waals surface area contributed by atoms with E-state index in [1.165, 1.54) is 4.88 Å². The van der Waals surface area contributed by atoms with Crippen LogP contribution in [0.4, 0.5) is 0 Å². The average molecular weight is 529 g/mol. The van der Waals surface area contributed by atoms with Gasteiger partial charge >= 0.3 is 0 Å². The number of nitrogens with one attached hydrogen (secondary N) is 1. The Kier molecular flexibility index (Phi) is 7.44. The first kappa shape index (κ1) is 26.3. The molecule has 0 bridgehead atoms. The lowest BCUT2D eigenvalue weighted by Gasteiger charge is -2.39. The quantitative estimate of drug-likeness (QED) is 0.573. The predicted molar refractivity (Wildman–Crippen MR) is 142 cm³/mol. The molecule has 5 rings (SSSR count). The Morgan fingerprint density at radius 3 is 2.73 bits per heavy atom. The maximum Gasteiger partial charge on any atom is 0.248 e. The smallest absolute Gasteiger partial charge is 0.248 e. The Morgan fingerprint density at radius 2 is 2.05 bits per heavy atom. The first-order valence-corrected chi connectivity index (χ1v) is 14.4. The first-order valence-electron chi connectivity index (χ1n) is 13.5. The number of hydrogen-bond acceptors (Lipinski definition) is 7. The van der Waals surface area contributed by atoms with Crippen molar-refractivity contribution >= 4 is 23.2 Å². The van der Waals surface area contributed by atoms with Crippen molar-refractivity contribution in [2.24, 2.45) is 11.3 Å². The molecule has 0 aromatic carbocycles. The minimum atomic E-state index is -0.724. The van der Waals surface area contributed by atoms with Crippen molar-refractivity contribution in [3.8, 4) is 0 Å². The molecule has 2 aromatic rings. The molecule has 4 unspecified atom stereocenters. The maximum atomic E-state index is 13.9. The van der Waals surface area contributed by atoms with Crippen LogP contribution in [0, 0.1) is 11.3 Å². The average Bonchev–Trinajstić information content (AvgIpc) is 3.21. The van der Waals surface area contributed by atoms with Crippen molar-refractivity contribution in [2.45, 2.75) is 83.0 Å². The van der Waals surface area contributed by atoms with Gasteiger partial charge in [-0.05, 0) is 62.1 Å². The van der Waals surface area contributed by atoms with Gasteiger partial charge in [-0.1, -0.05) is 32.1 Å². The zero-order valence-electron chi connectivity index (χ0n) is 22.3. The highest BCUT2D eigenvalue weighted by atomic mass is 32.1. The number of carbonyl (C=O) groups is 2. The molecule has 2 N–H and O–H groups in total. The zero-order chi connectivity index (χ0) is 26.3. The molecule has 1 aliphatic carbocycles. The summed E-state index contributed by atoms with van der Waals surface area (Å²) in [5.74, 6) is 0.363. The van der Waals surface area contributed by atoms with Crippen LogP contribution in [-0.2, 0) is 9.59 Å². The number of piperidine rings is 1. The SMILES string of the molecule is CN1CCCC(CNC(=O)C2CC(O)CN2C(=O)[C@@H](n2cc(C3CC3)nn2)C(C)(C)C)C1c1cccs1. The number of rotatable bonds is 7. The van der Waals surface area contributed by atoms with Crippen LogP contribution in [0.2, 0.25) is 0 Å². The lowest BCUT2D eigenvalue weighted by molar-refractivity contribution is -0.144. The molecule has 1 saturated carbocycles. The third kappa shape index (κ3) is 5.61. The maximum absolute atomic E-state index is 13.9. The molecule has 3 aliphatic rings. The monoisotopic (exact) mass is 528 g/mol. The van der Waals surface area contributed by atoms with E-state index in [0.717, 1.165) is 37.9 Å². The third-order valence-corrected chi connectivity index (χ3v) is 9.03. The number of thiophene rings is 1. The summed E-state index contributed by atoms with van der Waals surface area (Å²) in [4.78, 5) is 32.7. The Labute approximate surface area is 223 Å². The van der Waals surface area contributed by atoms with E-state index in [-0.39, 0.29) is 30.8 Å². The summed E-state index contributed by atoms with van der Waals surface area (Å²) in [5, 5.41) is 24.4. The highest BCUT2D eigenvalue weighted by Gasteiger charge is 2.45. The Morgan fingerprint density at radius 1 is 1.27 bits per heavy atom. The van der Waals surface area contributed by atoms with E-state index in [4.69, 9.17) is 0 Å². The number of β-amino-alcohol motifs (C(OH)–C–C–N with tert-alkyl or cyclic N) is 1. The van der Waals surface area contributed by atoms with Gasteiger partial charge < -0.3 is 15.3 Å². The van der Waals surface area contributed by atoms with E-state index in [9.17, 15) is 14.7 Å². The molecular formula is C27H40N6O3S. The molecule has 2 aromatic heterocycles. The van der Waals surface area contributed by atoms with Gasteiger partial charge in [0.2, 0.25) is 11.8 Å². The van der Waals surface area contributed by atoms with Gasteiger partial charge in [0.05, 0.1) is 11.8 Å². The molecule has 37 heavy (non-hydrogen) atoms. The van der Waals surface area contributed by atoms with Crippen molar-refractivity contribution in [3.63, 3.8) is 0 Å². The number of aliphatic hydroxyl groups is 1. The van der Waals surface area contributed by atoms with Crippen LogP contribution in [0.1, 0.15) is 81.4 Å². The fourth-order valence-corrected chi connectivity index (χ4v) is 7.04. The molecule has 2 amide bonds. The van der Waals surface area contributed by atoms with E-state index in [1.807, 2.05) is 27.0 Å². The summed E-state index contributed by atoms with van der Waals surface area (Å²) in [6.45, 7) is 7.75. The van der Waals surface area contributed by atoms with Crippen molar-refractivity contribution in [2.75, 3.05) is 26.7 Å². The second kappa shape index (κ2) is 10.5. The van der Waals surface area contributed by atoms with Crippen LogP contribution in [0.3, 0.4) is 0 Å². The largest absolute Gasteiger partial charge is 0.391 e. The Balaban J connectivity index is 1.30. The van der Waals surface area contributed by atoms with Gasteiger partial charge in [-0.15, -0.1) is 16.4 Å². The fourth-order valence-electron chi connectivity index (χ4n) is 6.06. The number of nitrogens with zero attached hydrogens (tertiary/aromatic N) is 5. The normalized spacial score (nSPS) is 27.9. The molecule has 2 saturated heterocycles. The second-order valence-electron chi connectivity index (χ2n) is 12.2. The fraction of sp³-hybridized carbons (Fsp3) is 0.704. The van der Waals surface area contributed by atoms with Gasteiger partial charge in [-0.3, -0.25) is 14.5 Å². The van der Waals surface area contributed by atoms with E-state index in [1.54, 1.807) is 20.9 Å². The van der Waals surface area contributed by atoms with Crippen LogP contribution in [0.5, 0.6) is 0 Å². The number of aliphatic hydroxyl groups excluding tert-OH is 1. The number of likely N-dealkylation sites (tertiary alicyclic amines) is 2. The summed E-state index contributed by atoms with van der Waals surface area (Å²) in [6, 6.07) is 3.23. The van der Waals surface area contributed by atoms with Crippen LogP contribution in [-0.4, -0.2) is 80.5 Å². The summed E-state index contributed by atoms with van der Waals surface area (Å²) in [5.41, 5.74) is 0.483. The number of aromatic nitrogens is 3. The molecule has 202 valence electrons. The highest BCUT2D eigenvalue weighted by Crippen LogP contribution is 2.40. The van der Waals surface area contributed by atoms with E-state index < -0.39 is 23.6 Å². The molecule has 4 heterocycles. The van der Waals surface area contributed by atoms with Crippen LogP contribution >= 0.6 is 11.3 Å². The molecule has 3 fully saturated rings. The van der Waals surface area contributed by atoms with Crippen LogP contribution < -0.4 is 5.32 Å². The number of carbonyl (C=O) groups excluding carboxylic acids is 2. The zero-order valence-corrected chi connectivity index (χ0v) is 23.2. The minimum Gasteiger partial charge on any atom is -0.391 e. The van der Waals surface area contributed by atoms with E-state index in [0.29, 0.717) is 18.4 Å². The lowest BCUT2D eigenvalue weighted by atomic mass is 9.85. The number of hydrogen-bond donors (Lipinski definition) is 2. The van der Waals surface area contributed by atoms with E-state index in [2.05, 4.69) is 45.1 Å². The van der Waals surface area contributed by atoms with Gasteiger partial charge in [-0.25, -0.2) is 4.68 Å². The predicted octanol–water partition coefficient (Wildman–Crippen LogP) is 2.97.